The molecule has 0 unspecified atom stereocenters. The average Bonchev–Trinajstić information content (AvgIpc) is 2.76. The molecule has 7 heteroatoms. The highest BCUT2D eigenvalue weighted by Gasteiger charge is 2.04. The highest BCUT2D eigenvalue weighted by atomic mass is 35.5. The van der Waals surface area contributed by atoms with E-state index in [1.165, 1.54) is 6.20 Å². The predicted molar refractivity (Wildman–Crippen MR) is 53.4 cm³/mol. The van der Waals surface area contributed by atoms with E-state index in [0.29, 0.717) is 11.7 Å². The van der Waals surface area contributed by atoms with Crippen LogP contribution in [0.2, 0.25) is 5.02 Å². The molecule has 78 valence electrons. The molecule has 0 aromatic carbocycles. The lowest BCUT2D eigenvalue weighted by atomic mass is 10.4. The van der Waals surface area contributed by atoms with Gasteiger partial charge in [0, 0.05) is 12.4 Å². The maximum Gasteiger partial charge on any atom is 0.269 e. The Bertz CT molecular complexity index is 489. The van der Waals surface area contributed by atoms with Crippen LogP contribution in [0.1, 0.15) is 10.5 Å². The van der Waals surface area contributed by atoms with Crippen molar-refractivity contribution >= 4 is 17.5 Å². The van der Waals surface area contributed by atoms with E-state index in [-0.39, 0.29) is 5.69 Å². The minimum atomic E-state index is -0.549. The van der Waals surface area contributed by atoms with Gasteiger partial charge in [-0.15, -0.1) is 0 Å². The molecule has 2 rings (SSSR count). The summed E-state index contributed by atoms with van der Waals surface area (Å²) >= 11 is 5.70. The second-order valence-corrected chi connectivity index (χ2v) is 3.38. The first kappa shape index (κ1) is 9.72. The molecule has 15 heavy (non-hydrogen) atoms. The first-order valence-corrected chi connectivity index (χ1v) is 4.54. The van der Waals surface area contributed by atoms with Crippen LogP contribution < -0.4 is 5.73 Å². The van der Waals surface area contributed by atoms with Gasteiger partial charge < -0.3 is 5.73 Å². The number of carbonyl (C=O) groups excluding carboxylic acids is 1. The minimum absolute atomic E-state index is 0.230. The molecule has 2 aromatic heterocycles. The molecule has 0 radical (unpaired) electrons. The van der Waals surface area contributed by atoms with Crippen LogP contribution in [0.25, 0.3) is 0 Å². The Morgan fingerprint density at radius 3 is 2.87 bits per heavy atom. The number of amides is 1. The van der Waals surface area contributed by atoms with E-state index in [0.717, 1.165) is 0 Å². The molecule has 0 atom stereocenters. The topological polar surface area (TPSA) is 78.7 Å². The van der Waals surface area contributed by atoms with Crippen molar-refractivity contribution in [1.29, 1.82) is 0 Å². The van der Waals surface area contributed by atoms with Gasteiger partial charge in [0.15, 0.2) is 0 Å². The van der Waals surface area contributed by atoms with Crippen molar-refractivity contribution in [1.82, 2.24) is 19.6 Å². The van der Waals surface area contributed by atoms with Crippen LogP contribution >= 0.6 is 11.6 Å². The third-order valence-corrected chi connectivity index (χ3v) is 1.98. The van der Waals surface area contributed by atoms with Gasteiger partial charge in [-0.05, 0) is 6.07 Å². The zero-order chi connectivity index (χ0) is 10.8. The second-order valence-electron chi connectivity index (χ2n) is 2.94. The summed E-state index contributed by atoms with van der Waals surface area (Å²) in [6, 6.07) is 1.55. The first-order chi connectivity index (χ1) is 7.15. The van der Waals surface area contributed by atoms with E-state index >= 15 is 0 Å². The van der Waals surface area contributed by atoms with Crippen LogP contribution in [-0.4, -0.2) is 25.5 Å². The number of nitrogens with zero attached hydrogens (tertiary/aromatic N) is 4. The summed E-state index contributed by atoms with van der Waals surface area (Å²) in [6.07, 6.45) is 4.84. The zero-order valence-corrected chi connectivity index (χ0v) is 8.42. The van der Waals surface area contributed by atoms with Crippen LogP contribution in [0.4, 0.5) is 0 Å². The number of primary amides is 1. The number of halogens is 1. The quantitative estimate of drug-likeness (QED) is 0.818. The van der Waals surface area contributed by atoms with E-state index in [4.69, 9.17) is 17.3 Å². The van der Waals surface area contributed by atoms with E-state index in [2.05, 4.69) is 10.2 Å². The first-order valence-electron chi connectivity index (χ1n) is 4.16. The summed E-state index contributed by atoms with van der Waals surface area (Å²) in [5.41, 5.74) is 5.30. The molecule has 0 saturated carbocycles. The molecule has 0 spiro atoms. The third kappa shape index (κ3) is 2.16. The van der Waals surface area contributed by atoms with E-state index in [1.807, 2.05) is 0 Å². The number of hydrogen-bond donors (Lipinski definition) is 1. The van der Waals surface area contributed by atoms with Crippen molar-refractivity contribution < 1.29 is 4.79 Å². The molecule has 0 aliphatic heterocycles. The molecule has 2 N–H and O–H groups in total. The molecule has 0 bridgehead atoms. The lowest BCUT2D eigenvalue weighted by molar-refractivity contribution is 0.0994. The van der Waals surface area contributed by atoms with Crippen molar-refractivity contribution in [2.24, 2.45) is 5.73 Å². The second kappa shape index (κ2) is 3.74. The Kier molecular flexibility index (Phi) is 2.42. The Balaban J connectivity index is 2.14. The zero-order valence-electron chi connectivity index (χ0n) is 7.67. The van der Waals surface area contributed by atoms with E-state index in [9.17, 15) is 4.79 Å². The molecular weight excluding hydrogens is 218 g/mol. The maximum atomic E-state index is 10.8. The Hall–Kier alpha value is -1.82. The van der Waals surface area contributed by atoms with Gasteiger partial charge in [-0.3, -0.25) is 9.48 Å². The summed E-state index contributed by atoms with van der Waals surface area (Å²) in [4.78, 5) is 10.8. The Morgan fingerprint density at radius 2 is 2.33 bits per heavy atom. The Labute approximate surface area is 90.2 Å². The number of aromatic nitrogens is 4. The monoisotopic (exact) mass is 225 g/mol. The van der Waals surface area contributed by atoms with Crippen LogP contribution in [0, 0.1) is 0 Å². The summed E-state index contributed by atoms with van der Waals surface area (Å²) in [5, 5.41) is 8.48. The number of hydrogen-bond acceptors (Lipinski definition) is 3. The van der Waals surface area contributed by atoms with E-state index < -0.39 is 5.91 Å². The number of carbonyl (C=O) groups is 1. The molecule has 2 heterocycles. The highest BCUT2D eigenvalue weighted by molar-refractivity contribution is 6.30. The van der Waals surface area contributed by atoms with Crippen LogP contribution in [0.5, 0.6) is 0 Å². The smallest absolute Gasteiger partial charge is 0.269 e. The normalized spacial score (nSPS) is 10.5. The van der Waals surface area contributed by atoms with Crippen molar-refractivity contribution in [3.05, 3.63) is 35.4 Å². The van der Waals surface area contributed by atoms with Gasteiger partial charge in [-0.1, -0.05) is 11.6 Å². The molecular formula is C8H8ClN5O. The van der Waals surface area contributed by atoms with Gasteiger partial charge in [0.1, 0.15) is 12.4 Å². The highest BCUT2D eigenvalue weighted by Crippen LogP contribution is 2.04. The molecule has 1 amide bonds. The molecule has 0 saturated heterocycles. The van der Waals surface area contributed by atoms with Gasteiger partial charge in [0.2, 0.25) is 0 Å². The van der Waals surface area contributed by atoms with E-state index in [1.54, 1.807) is 27.8 Å². The van der Waals surface area contributed by atoms with Crippen LogP contribution in [-0.2, 0) is 6.67 Å². The van der Waals surface area contributed by atoms with Gasteiger partial charge >= 0.3 is 0 Å². The van der Waals surface area contributed by atoms with Crippen molar-refractivity contribution in [3.8, 4) is 0 Å². The van der Waals surface area contributed by atoms with Crippen LogP contribution in [0.3, 0.4) is 0 Å². The molecule has 0 fully saturated rings. The summed E-state index contributed by atoms with van der Waals surface area (Å²) in [6.45, 7) is 0.389. The van der Waals surface area contributed by atoms with Crippen LogP contribution in [0.15, 0.2) is 24.7 Å². The Morgan fingerprint density at radius 1 is 1.53 bits per heavy atom. The largest absolute Gasteiger partial charge is 0.364 e. The standard InChI is InChI=1S/C8H8ClN5O/c9-6-3-11-14(4-6)5-13-2-1-7(12-13)8(10)15/h1-4H,5H2,(H2,10,15). The summed E-state index contributed by atoms with van der Waals surface area (Å²) in [7, 11) is 0. The maximum absolute atomic E-state index is 10.8. The van der Waals surface area contributed by atoms with Crippen molar-refractivity contribution in [2.45, 2.75) is 6.67 Å². The molecule has 6 nitrogen and oxygen atoms in total. The predicted octanol–water partition coefficient (Wildman–Crippen LogP) is 0.338. The fraction of sp³-hybridized carbons (Fsp3) is 0.125. The third-order valence-electron chi connectivity index (χ3n) is 1.78. The summed E-state index contributed by atoms with van der Waals surface area (Å²) in [5.74, 6) is -0.549. The fourth-order valence-corrected chi connectivity index (χ4v) is 1.29. The SMILES string of the molecule is NC(=O)c1ccn(Cn2cc(Cl)cn2)n1. The number of nitrogens with two attached hydrogens (primary N) is 1. The van der Waals surface area contributed by atoms with Crippen molar-refractivity contribution in [3.63, 3.8) is 0 Å². The lowest BCUT2D eigenvalue weighted by Crippen LogP contribution is -2.14. The van der Waals surface area contributed by atoms with Gasteiger partial charge in [0.05, 0.1) is 11.2 Å². The lowest BCUT2D eigenvalue weighted by Gasteiger charge is -2.00. The molecule has 2 aromatic rings. The average molecular weight is 226 g/mol. The minimum Gasteiger partial charge on any atom is -0.364 e. The summed E-state index contributed by atoms with van der Waals surface area (Å²) < 4.78 is 3.14. The number of rotatable bonds is 3. The van der Waals surface area contributed by atoms with Gasteiger partial charge in [-0.25, -0.2) is 4.68 Å². The molecule has 0 aliphatic carbocycles. The molecule has 0 aliphatic rings. The fourth-order valence-electron chi connectivity index (χ4n) is 1.14. The van der Waals surface area contributed by atoms with Crippen molar-refractivity contribution in [2.75, 3.05) is 0 Å². The van der Waals surface area contributed by atoms with Gasteiger partial charge in [0.25, 0.3) is 5.91 Å². The van der Waals surface area contributed by atoms with Gasteiger partial charge in [-0.2, -0.15) is 10.2 Å².